The van der Waals surface area contributed by atoms with E-state index in [1.54, 1.807) is 41.7 Å². The van der Waals surface area contributed by atoms with Gasteiger partial charge in [0.25, 0.3) is 0 Å². The molecule has 5 heterocycles. The fraction of sp³-hybridized carbons (Fsp3) is 0.346. The number of aromatic nitrogens is 4. The second-order valence-corrected chi connectivity index (χ2v) is 10.4. The van der Waals surface area contributed by atoms with Crippen LogP contribution in [0.4, 0.5) is 24.9 Å². The van der Waals surface area contributed by atoms with Crippen molar-refractivity contribution < 1.29 is 18.0 Å². The first kappa shape index (κ1) is 24.5. The lowest BCUT2D eigenvalue weighted by Gasteiger charge is -2.32. The largest absolute Gasteiger partial charge is 0.433 e. The van der Waals surface area contributed by atoms with Gasteiger partial charge in [-0.15, -0.1) is 11.3 Å². The summed E-state index contributed by atoms with van der Waals surface area (Å²) in [6.45, 7) is 3.77. The number of alkyl halides is 3. The Morgan fingerprint density at radius 2 is 1.84 bits per heavy atom. The Labute approximate surface area is 220 Å². The second-order valence-electron chi connectivity index (χ2n) is 9.26. The van der Waals surface area contributed by atoms with Crippen molar-refractivity contribution in [1.29, 1.82) is 0 Å². The van der Waals surface area contributed by atoms with E-state index in [9.17, 15) is 18.0 Å². The predicted molar refractivity (Wildman–Crippen MR) is 139 cm³/mol. The number of carbonyl (C=O) groups is 1. The zero-order valence-corrected chi connectivity index (χ0v) is 21.4. The minimum Gasteiger partial charge on any atom is -0.353 e. The number of nitrogens with one attached hydrogen (secondary N) is 1. The average Bonchev–Trinajstić information content (AvgIpc) is 3.35. The number of hydrogen-bond acceptors (Lipinski definition) is 8. The number of rotatable bonds is 4. The molecule has 1 saturated heterocycles. The summed E-state index contributed by atoms with van der Waals surface area (Å²) in [7, 11) is 0. The van der Waals surface area contributed by atoms with Crippen molar-refractivity contribution in [3.05, 3.63) is 58.2 Å². The molecule has 0 spiro atoms. The van der Waals surface area contributed by atoms with Gasteiger partial charge in [0.15, 0.2) is 11.5 Å². The molecule has 8 nitrogen and oxygen atoms in total. The summed E-state index contributed by atoms with van der Waals surface area (Å²) >= 11 is 1.57. The number of anilines is 2. The van der Waals surface area contributed by atoms with E-state index in [-0.39, 0.29) is 36.8 Å². The zero-order valence-electron chi connectivity index (χ0n) is 20.5. The van der Waals surface area contributed by atoms with Crippen LogP contribution in [0.5, 0.6) is 0 Å². The Kier molecular flexibility index (Phi) is 6.13. The molecule has 0 unspecified atom stereocenters. The van der Waals surface area contributed by atoms with Gasteiger partial charge >= 0.3 is 6.18 Å². The summed E-state index contributed by atoms with van der Waals surface area (Å²) in [5.41, 5.74) is 0.122. The van der Waals surface area contributed by atoms with Gasteiger partial charge in [0.05, 0.1) is 24.2 Å². The van der Waals surface area contributed by atoms with Gasteiger partial charge in [-0.05, 0) is 18.9 Å². The third-order valence-electron chi connectivity index (χ3n) is 6.75. The maximum absolute atomic E-state index is 14.1. The number of thiophene rings is 1. The van der Waals surface area contributed by atoms with Crippen molar-refractivity contribution in [3.8, 4) is 11.4 Å². The Hall–Kier alpha value is -3.80. The van der Waals surface area contributed by atoms with Crippen LogP contribution in [-0.4, -0.2) is 52.0 Å². The smallest absolute Gasteiger partial charge is 0.353 e. The Morgan fingerprint density at radius 1 is 1.03 bits per heavy atom. The van der Waals surface area contributed by atoms with Crippen molar-refractivity contribution in [2.45, 2.75) is 32.5 Å². The summed E-state index contributed by atoms with van der Waals surface area (Å²) in [4.78, 5) is 35.9. The van der Waals surface area contributed by atoms with E-state index in [1.807, 2.05) is 15.9 Å². The van der Waals surface area contributed by atoms with Gasteiger partial charge in [-0.3, -0.25) is 4.79 Å². The first-order valence-electron chi connectivity index (χ1n) is 12.4. The maximum atomic E-state index is 14.1. The third kappa shape index (κ3) is 4.53. The van der Waals surface area contributed by atoms with Gasteiger partial charge in [0.2, 0.25) is 11.9 Å². The number of benzene rings is 1. The molecule has 0 bridgehead atoms. The Bertz CT molecular complexity index is 1520. The Balaban J connectivity index is 1.45. The highest BCUT2D eigenvalue weighted by molar-refractivity contribution is 7.18. The summed E-state index contributed by atoms with van der Waals surface area (Å²) in [5, 5.41) is 3.66. The van der Waals surface area contributed by atoms with Crippen LogP contribution < -0.4 is 15.1 Å². The van der Waals surface area contributed by atoms with E-state index < -0.39 is 11.9 Å². The van der Waals surface area contributed by atoms with Gasteiger partial charge in [-0.2, -0.15) is 18.2 Å². The van der Waals surface area contributed by atoms with E-state index in [0.29, 0.717) is 42.7 Å². The molecule has 2 aliphatic heterocycles. The molecule has 0 saturated carbocycles. The van der Waals surface area contributed by atoms with Crippen LogP contribution in [-0.2, 0) is 30.4 Å². The van der Waals surface area contributed by atoms with Crippen LogP contribution in [0.25, 0.3) is 21.6 Å². The monoisotopic (exact) mass is 539 g/mol. The van der Waals surface area contributed by atoms with Crippen molar-refractivity contribution in [3.63, 3.8) is 0 Å². The zero-order chi connectivity index (χ0) is 26.4. The summed E-state index contributed by atoms with van der Waals surface area (Å²) in [5.74, 6) is 1.04. The van der Waals surface area contributed by atoms with Gasteiger partial charge in [-0.25, -0.2) is 15.0 Å². The topological polar surface area (TPSA) is 87.1 Å². The predicted octanol–water partition coefficient (Wildman–Crippen LogP) is 4.23. The first-order valence-corrected chi connectivity index (χ1v) is 13.2. The van der Waals surface area contributed by atoms with Crippen LogP contribution in [0.3, 0.4) is 0 Å². The van der Waals surface area contributed by atoms with Crippen LogP contribution in [0, 0.1) is 0 Å². The first-order chi connectivity index (χ1) is 18.3. The van der Waals surface area contributed by atoms with Crippen LogP contribution in [0.15, 0.2) is 36.4 Å². The molecule has 4 aromatic rings. The van der Waals surface area contributed by atoms with Crippen LogP contribution >= 0.6 is 11.3 Å². The van der Waals surface area contributed by atoms with Crippen LogP contribution in [0.1, 0.15) is 28.8 Å². The van der Waals surface area contributed by atoms with Crippen molar-refractivity contribution in [2.75, 3.05) is 36.0 Å². The van der Waals surface area contributed by atoms with E-state index in [0.717, 1.165) is 21.5 Å². The number of halogens is 3. The average molecular weight is 540 g/mol. The number of aryl methyl sites for hydroxylation is 1. The second kappa shape index (κ2) is 9.50. The Morgan fingerprint density at radius 3 is 2.58 bits per heavy atom. The molecule has 2 aliphatic rings. The SMILES string of the molecule is CCc1cc2c(N3CCc4c(nc(-c5ccccc5)nc4C(F)(F)F)C3)nc(N3CCNC(=O)C3)nc2s1. The molecule has 1 N–H and O–H groups in total. The molecule has 38 heavy (non-hydrogen) atoms. The lowest BCUT2D eigenvalue weighted by atomic mass is 10.0. The highest BCUT2D eigenvalue weighted by Gasteiger charge is 2.39. The molecule has 1 aromatic carbocycles. The van der Waals surface area contributed by atoms with Crippen LogP contribution in [0.2, 0.25) is 0 Å². The van der Waals surface area contributed by atoms with E-state index in [2.05, 4.69) is 22.2 Å². The molecule has 1 fully saturated rings. The minimum absolute atomic E-state index is 0.0511. The van der Waals surface area contributed by atoms with Gasteiger partial charge in [-0.1, -0.05) is 37.3 Å². The standard InChI is InChI=1S/C26H24F3N7OS/c1-2-16-12-18-23(33-25(34-24(18)38-16)36-11-9-30-20(37)14-36)35-10-8-17-19(13-35)31-22(15-6-4-3-5-7-15)32-21(17)26(27,28)29/h3-7,12H,2,8-11,13-14H2,1H3,(H,30,37). The van der Waals surface area contributed by atoms with E-state index in [4.69, 9.17) is 9.97 Å². The molecule has 6 rings (SSSR count). The molecule has 0 atom stereocenters. The number of fused-ring (bicyclic) bond motifs is 2. The molecular weight excluding hydrogens is 515 g/mol. The number of piperazine rings is 1. The number of hydrogen-bond donors (Lipinski definition) is 1. The lowest BCUT2D eigenvalue weighted by molar-refractivity contribution is -0.142. The normalized spacial score (nSPS) is 16.1. The highest BCUT2D eigenvalue weighted by Crippen LogP contribution is 2.38. The third-order valence-corrected chi connectivity index (χ3v) is 7.92. The molecule has 0 aliphatic carbocycles. The fourth-order valence-corrected chi connectivity index (χ4v) is 5.83. The van der Waals surface area contributed by atoms with Gasteiger partial charge in [0.1, 0.15) is 10.6 Å². The summed E-state index contributed by atoms with van der Waals surface area (Å²) < 4.78 is 42.2. The quantitative estimate of drug-likeness (QED) is 0.415. The molecular formula is C26H24F3N7OS. The van der Waals surface area contributed by atoms with E-state index >= 15 is 0 Å². The number of nitrogens with zero attached hydrogens (tertiary/aromatic N) is 6. The molecule has 1 amide bonds. The fourth-order valence-electron chi connectivity index (χ4n) is 4.87. The van der Waals surface area contributed by atoms with E-state index in [1.165, 1.54) is 0 Å². The molecule has 196 valence electrons. The minimum atomic E-state index is -4.59. The van der Waals surface area contributed by atoms with Crippen molar-refractivity contribution >= 4 is 39.2 Å². The molecule has 12 heteroatoms. The maximum Gasteiger partial charge on any atom is 0.433 e. The van der Waals surface area contributed by atoms with Crippen molar-refractivity contribution in [1.82, 2.24) is 25.3 Å². The molecule has 0 radical (unpaired) electrons. The highest BCUT2D eigenvalue weighted by atomic mass is 32.1. The summed E-state index contributed by atoms with van der Waals surface area (Å²) in [6.07, 6.45) is -3.63. The van der Waals surface area contributed by atoms with Crippen molar-refractivity contribution in [2.24, 2.45) is 0 Å². The molecule has 3 aromatic heterocycles. The summed E-state index contributed by atoms with van der Waals surface area (Å²) in [6, 6.07) is 10.8. The van der Waals surface area contributed by atoms with Gasteiger partial charge < -0.3 is 15.1 Å². The lowest BCUT2D eigenvalue weighted by Crippen LogP contribution is -2.48. The number of carbonyl (C=O) groups excluding carboxylic acids is 1. The number of amides is 1. The van der Waals surface area contributed by atoms with Gasteiger partial charge in [0, 0.05) is 35.6 Å².